The topological polar surface area (TPSA) is 26.8 Å². The Morgan fingerprint density at radius 3 is 2.59 bits per heavy atom. The van der Waals surface area contributed by atoms with Crippen molar-refractivity contribution in [1.29, 1.82) is 0 Å². The number of amides is 1. The van der Waals surface area contributed by atoms with Gasteiger partial charge in [0.2, 0.25) is 0 Å². The van der Waals surface area contributed by atoms with Crippen LogP contribution < -0.4 is 9.80 Å². The monoisotopic (exact) mass is 363 g/mol. The van der Waals surface area contributed by atoms with Gasteiger partial charge in [0.25, 0.3) is 5.91 Å². The van der Waals surface area contributed by atoms with Crippen molar-refractivity contribution in [2.24, 2.45) is 5.92 Å². The van der Waals surface area contributed by atoms with Gasteiger partial charge < -0.3 is 14.7 Å². The smallest absolute Gasteiger partial charge is 0.258 e. The molecule has 0 radical (unpaired) electrons. The highest BCUT2D eigenvalue weighted by Crippen LogP contribution is 2.41. The number of benzene rings is 2. The number of carbonyl (C=O) groups is 1. The molecule has 0 atom stereocenters. The van der Waals surface area contributed by atoms with E-state index in [-0.39, 0.29) is 5.91 Å². The summed E-state index contributed by atoms with van der Waals surface area (Å²) in [4.78, 5) is 19.9. The van der Waals surface area contributed by atoms with Crippen molar-refractivity contribution in [2.45, 2.75) is 32.6 Å². The third-order valence-corrected chi connectivity index (χ3v) is 6.75. The van der Waals surface area contributed by atoms with Crippen LogP contribution in [0.4, 0.5) is 11.4 Å². The molecule has 1 saturated carbocycles. The minimum atomic E-state index is 0.151. The van der Waals surface area contributed by atoms with Crippen LogP contribution in [0.3, 0.4) is 0 Å². The molecule has 4 heteroatoms. The van der Waals surface area contributed by atoms with E-state index in [0.29, 0.717) is 0 Å². The average molecular weight is 364 g/mol. The first-order chi connectivity index (χ1) is 13.3. The third kappa shape index (κ3) is 2.82. The number of hydrogen-bond donors (Lipinski definition) is 0. The van der Waals surface area contributed by atoms with Crippen molar-refractivity contribution in [2.75, 3.05) is 49.1 Å². The van der Waals surface area contributed by atoms with E-state index in [2.05, 4.69) is 34.9 Å². The molecule has 2 aromatic rings. The first kappa shape index (κ1) is 17.1. The lowest BCUT2D eigenvalue weighted by molar-refractivity contribution is 0.0994. The van der Waals surface area contributed by atoms with E-state index in [9.17, 15) is 4.79 Å². The summed E-state index contributed by atoms with van der Waals surface area (Å²) < 4.78 is 0. The Bertz CT molecular complexity index is 873. The van der Waals surface area contributed by atoms with Crippen LogP contribution in [-0.2, 0) is 0 Å². The zero-order valence-electron chi connectivity index (χ0n) is 16.3. The average Bonchev–Trinajstić information content (AvgIpc) is 2.81. The van der Waals surface area contributed by atoms with E-state index in [1.54, 1.807) is 0 Å². The van der Waals surface area contributed by atoms with E-state index in [4.69, 9.17) is 0 Å². The van der Waals surface area contributed by atoms with Gasteiger partial charge in [-0.25, -0.2) is 0 Å². The van der Waals surface area contributed by atoms with E-state index in [0.717, 1.165) is 48.7 Å². The van der Waals surface area contributed by atoms with Crippen LogP contribution >= 0.6 is 0 Å². The second-order valence-corrected chi connectivity index (χ2v) is 8.32. The zero-order chi connectivity index (χ0) is 18.4. The van der Waals surface area contributed by atoms with E-state index in [1.807, 2.05) is 17.0 Å². The second kappa shape index (κ2) is 6.83. The predicted molar refractivity (Wildman–Crippen MR) is 112 cm³/mol. The molecule has 0 N–H and O–H groups in total. The molecule has 1 saturated heterocycles. The minimum absolute atomic E-state index is 0.151. The maximum Gasteiger partial charge on any atom is 0.258 e. The van der Waals surface area contributed by atoms with E-state index >= 15 is 0 Å². The highest BCUT2D eigenvalue weighted by Gasteiger charge is 2.30. The van der Waals surface area contributed by atoms with Crippen LogP contribution in [0.2, 0.25) is 0 Å². The summed E-state index contributed by atoms with van der Waals surface area (Å²) in [6.07, 6.45) is 5.50. The van der Waals surface area contributed by atoms with Crippen molar-refractivity contribution in [3.05, 3.63) is 35.9 Å². The quantitative estimate of drug-likeness (QED) is 0.817. The fourth-order valence-electron chi connectivity index (χ4n) is 5.06. The van der Waals surface area contributed by atoms with Crippen LogP contribution in [0.15, 0.2) is 30.3 Å². The van der Waals surface area contributed by atoms with Crippen molar-refractivity contribution in [3.8, 4) is 0 Å². The molecule has 0 spiro atoms. The molecule has 0 bridgehead atoms. The molecule has 2 aliphatic heterocycles. The van der Waals surface area contributed by atoms with Gasteiger partial charge >= 0.3 is 0 Å². The zero-order valence-corrected chi connectivity index (χ0v) is 16.3. The summed E-state index contributed by atoms with van der Waals surface area (Å²) in [5, 5.41) is 2.39. The number of carbonyl (C=O) groups excluding carboxylic acids is 1. The second-order valence-electron chi connectivity index (χ2n) is 8.32. The summed E-state index contributed by atoms with van der Waals surface area (Å²) in [5.74, 6) is 1.09. The van der Waals surface area contributed by atoms with E-state index < -0.39 is 0 Å². The summed E-state index contributed by atoms with van der Waals surface area (Å²) in [5.41, 5.74) is 3.25. The lowest BCUT2D eigenvalue weighted by Gasteiger charge is -2.31. The molecular formula is C23H29N3O. The summed E-state index contributed by atoms with van der Waals surface area (Å²) in [6.45, 7) is 8.62. The molecule has 0 aromatic heterocycles. The Balaban J connectivity index is 1.44. The molecule has 2 heterocycles. The van der Waals surface area contributed by atoms with Gasteiger partial charge in [-0.15, -0.1) is 0 Å². The number of rotatable bonds is 4. The number of hydrogen-bond acceptors (Lipinski definition) is 3. The van der Waals surface area contributed by atoms with Crippen LogP contribution in [-0.4, -0.2) is 50.1 Å². The summed E-state index contributed by atoms with van der Waals surface area (Å²) >= 11 is 0. The first-order valence-electron chi connectivity index (χ1n) is 10.6. The highest BCUT2D eigenvalue weighted by atomic mass is 16.2. The van der Waals surface area contributed by atoms with Gasteiger partial charge in [-0.05, 0) is 56.8 Å². The normalized spacial score (nSPS) is 21.0. The number of nitrogens with zero attached hydrogens (tertiary/aromatic N) is 3. The van der Waals surface area contributed by atoms with Gasteiger partial charge in [0.15, 0.2) is 0 Å². The molecular weight excluding hydrogens is 334 g/mol. The van der Waals surface area contributed by atoms with Gasteiger partial charge in [0, 0.05) is 54.7 Å². The van der Waals surface area contributed by atoms with Gasteiger partial charge in [-0.2, -0.15) is 0 Å². The Kier molecular flexibility index (Phi) is 4.31. The molecule has 4 nitrogen and oxygen atoms in total. The Morgan fingerprint density at radius 2 is 1.81 bits per heavy atom. The van der Waals surface area contributed by atoms with Gasteiger partial charge in [-0.3, -0.25) is 4.79 Å². The van der Waals surface area contributed by atoms with Crippen molar-refractivity contribution in [1.82, 2.24) is 4.90 Å². The molecule has 27 heavy (non-hydrogen) atoms. The van der Waals surface area contributed by atoms with Gasteiger partial charge in [0.05, 0.1) is 5.69 Å². The predicted octanol–water partition coefficient (Wildman–Crippen LogP) is 4.13. The maximum atomic E-state index is 12.7. The Morgan fingerprint density at radius 1 is 0.963 bits per heavy atom. The molecule has 2 aromatic carbocycles. The summed E-state index contributed by atoms with van der Waals surface area (Å²) in [7, 11) is 0. The Labute approximate surface area is 161 Å². The first-order valence-corrected chi connectivity index (χ1v) is 10.6. The molecule has 1 aliphatic carbocycles. The molecule has 142 valence electrons. The van der Waals surface area contributed by atoms with E-state index in [1.165, 1.54) is 49.8 Å². The lowest BCUT2D eigenvalue weighted by Crippen LogP contribution is -2.35. The highest BCUT2D eigenvalue weighted by molar-refractivity contribution is 6.26. The molecule has 1 amide bonds. The third-order valence-electron chi connectivity index (χ3n) is 6.75. The van der Waals surface area contributed by atoms with Crippen molar-refractivity contribution >= 4 is 28.1 Å². The van der Waals surface area contributed by atoms with Crippen LogP contribution in [0, 0.1) is 5.92 Å². The van der Waals surface area contributed by atoms with Crippen LogP contribution in [0.25, 0.3) is 10.8 Å². The minimum Gasteiger partial charge on any atom is -0.370 e. The standard InChI is InChI=1S/C23H29N3O/c1-2-26-21-11-10-20(18-8-4-9-19(22(18)21)23(26)27)25-13-5-12-24(14-15-25)16-17-6-3-7-17/h4,8-11,17H,2-3,5-7,12-16H2,1H3. The molecule has 2 fully saturated rings. The maximum absolute atomic E-state index is 12.7. The van der Waals surface area contributed by atoms with Crippen molar-refractivity contribution in [3.63, 3.8) is 0 Å². The van der Waals surface area contributed by atoms with Gasteiger partial charge in [-0.1, -0.05) is 18.6 Å². The SMILES string of the molecule is CCN1C(=O)c2cccc3c(N4CCCN(CC5CCC5)CC4)ccc1c23. The Hall–Kier alpha value is -2.07. The number of anilines is 2. The molecule has 5 rings (SSSR count). The molecule has 3 aliphatic rings. The van der Waals surface area contributed by atoms with Crippen molar-refractivity contribution < 1.29 is 4.79 Å². The van der Waals surface area contributed by atoms with Gasteiger partial charge in [0.1, 0.15) is 0 Å². The lowest BCUT2D eigenvalue weighted by atomic mass is 9.85. The largest absolute Gasteiger partial charge is 0.370 e. The summed E-state index contributed by atoms with van der Waals surface area (Å²) in [6, 6.07) is 10.6. The van der Waals surface area contributed by atoms with Crippen LogP contribution in [0.5, 0.6) is 0 Å². The fourth-order valence-corrected chi connectivity index (χ4v) is 5.06. The van der Waals surface area contributed by atoms with Crippen LogP contribution in [0.1, 0.15) is 43.0 Å². The fraction of sp³-hybridized carbons (Fsp3) is 0.522. The molecule has 0 unspecified atom stereocenters.